The van der Waals surface area contributed by atoms with Gasteiger partial charge in [0.15, 0.2) is 18.2 Å². The van der Waals surface area contributed by atoms with Crippen LogP contribution in [0, 0.1) is 0 Å². The third kappa shape index (κ3) is 8.71. The van der Waals surface area contributed by atoms with Crippen molar-refractivity contribution in [2.45, 2.75) is 51.7 Å². The molecule has 222 valence electrons. The Morgan fingerprint density at radius 2 is 1.60 bits per heavy atom. The predicted molar refractivity (Wildman–Crippen MR) is 159 cm³/mol. The summed E-state index contributed by atoms with van der Waals surface area (Å²) in [6.45, 7) is 6.87. The van der Waals surface area contributed by atoms with Gasteiger partial charge in [-0.3, -0.25) is 4.99 Å². The van der Waals surface area contributed by atoms with Crippen LogP contribution in [0.5, 0.6) is 5.75 Å². The lowest BCUT2D eigenvalue weighted by molar-refractivity contribution is -0.159. The molecule has 1 atom stereocenters. The number of fused-ring (bicyclic) bond motifs is 1. The largest absolute Gasteiger partial charge is 0.490 e. The lowest BCUT2D eigenvalue weighted by Gasteiger charge is -2.21. The first-order valence-electron chi connectivity index (χ1n) is 13.8. The van der Waals surface area contributed by atoms with E-state index in [4.69, 9.17) is 19.9 Å². The normalized spacial score (nSPS) is 13.8. The van der Waals surface area contributed by atoms with E-state index in [0.29, 0.717) is 37.9 Å². The standard InChI is InChI=1S/C32H38N4O6/c1-32(2,3)42-31(39)35-17-16-34-30(33)36-19-24-14-15-26(18-25(24)20-36)40-21-27(37)29(38)41-28(22-10-6-4-7-11-22)23-12-8-5-9-13-23/h4-15,18,27-28,37H,16-17,19-21H2,1-3H3,(H2,33,34)(H,35,39)/t27-/m1/s1. The number of benzene rings is 3. The van der Waals surface area contributed by atoms with Crippen molar-refractivity contribution in [3.8, 4) is 5.75 Å². The number of nitrogens with zero attached hydrogens (tertiary/aromatic N) is 2. The first-order valence-corrected chi connectivity index (χ1v) is 13.8. The fourth-order valence-electron chi connectivity index (χ4n) is 4.39. The van der Waals surface area contributed by atoms with Crippen LogP contribution in [0.25, 0.3) is 0 Å². The van der Waals surface area contributed by atoms with Gasteiger partial charge in [0.1, 0.15) is 18.0 Å². The van der Waals surface area contributed by atoms with Crippen molar-refractivity contribution in [2.75, 3.05) is 19.7 Å². The minimum atomic E-state index is -1.47. The zero-order valence-electron chi connectivity index (χ0n) is 24.2. The maximum Gasteiger partial charge on any atom is 0.407 e. The van der Waals surface area contributed by atoms with Crippen molar-refractivity contribution < 1.29 is 28.9 Å². The molecule has 1 aliphatic heterocycles. The molecule has 1 heterocycles. The molecule has 0 bridgehead atoms. The predicted octanol–water partition coefficient (Wildman–Crippen LogP) is 3.91. The molecule has 0 radical (unpaired) electrons. The molecular formula is C32H38N4O6. The van der Waals surface area contributed by atoms with Crippen LogP contribution in [0.2, 0.25) is 0 Å². The molecule has 4 rings (SSSR count). The molecule has 3 aromatic carbocycles. The number of aliphatic imine (C=N–C) groups is 1. The van der Waals surface area contributed by atoms with Gasteiger partial charge in [0.2, 0.25) is 0 Å². The van der Waals surface area contributed by atoms with Crippen molar-refractivity contribution >= 4 is 18.0 Å². The van der Waals surface area contributed by atoms with Crippen molar-refractivity contribution in [1.82, 2.24) is 10.2 Å². The van der Waals surface area contributed by atoms with Crippen LogP contribution in [0.1, 0.15) is 49.1 Å². The summed E-state index contributed by atoms with van der Waals surface area (Å²) in [6.07, 6.45) is -2.62. The fourth-order valence-corrected chi connectivity index (χ4v) is 4.39. The van der Waals surface area contributed by atoms with Gasteiger partial charge in [-0.15, -0.1) is 0 Å². The van der Waals surface area contributed by atoms with Gasteiger partial charge in [0, 0.05) is 19.6 Å². The van der Waals surface area contributed by atoms with Crippen molar-refractivity contribution in [3.63, 3.8) is 0 Å². The lowest BCUT2D eigenvalue weighted by Crippen LogP contribution is -2.36. The molecular weight excluding hydrogens is 536 g/mol. The summed E-state index contributed by atoms with van der Waals surface area (Å²) in [5.41, 5.74) is 9.30. The minimum absolute atomic E-state index is 0.258. The van der Waals surface area contributed by atoms with Crippen molar-refractivity contribution in [3.05, 3.63) is 101 Å². The molecule has 4 N–H and O–H groups in total. The highest BCUT2D eigenvalue weighted by atomic mass is 16.6. The van der Waals surface area contributed by atoms with E-state index in [-0.39, 0.29) is 6.61 Å². The number of amides is 1. The Kier molecular flexibility index (Phi) is 10.0. The van der Waals surface area contributed by atoms with E-state index < -0.39 is 29.9 Å². The Morgan fingerprint density at radius 1 is 0.976 bits per heavy atom. The zero-order valence-corrected chi connectivity index (χ0v) is 24.2. The maximum atomic E-state index is 12.8. The van der Waals surface area contributed by atoms with Crippen LogP contribution in [-0.2, 0) is 27.4 Å². The topological polar surface area (TPSA) is 136 Å². The number of guanidine groups is 1. The van der Waals surface area contributed by atoms with E-state index in [1.165, 1.54) is 0 Å². The third-order valence-electron chi connectivity index (χ3n) is 6.40. The Labute approximate surface area is 246 Å². The molecule has 0 saturated heterocycles. The Balaban J connectivity index is 1.27. The van der Waals surface area contributed by atoms with E-state index in [0.717, 1.165) is 22.3 Å². The SMILES string of the molecule is CC(C)(C)OC(=O)NCCN=C(N)N1Cc2ccc(OC[C@@H](O)C(=O)OC(c3ccccc3)c3ccccc3)cc2C1. The number of carbonyl (C=O) groups is 2. The van der Waals surface area contributed by atoms with Gasteiger partial charge in [-0.25, -0.2) is 9.59 Å². The molecule has 3 aromatic rings. The van der Waals surface area contributed by atoms with Crippen LogP contribution < -0.4 is 15.8 Å². The van der Waals surface area contributed by atoms with E-state index in [1.54, 1.807) is 26.8 Å². The molecule has 0 aromatic heterocycles. The van der Waals surface area contributed by atoms with E-state index in [1.807, 2.05) is 77.7 Å². The summed E-state index contributed by atoms with van der Waals surface area (Å²) in [5.74, 6) is 0.108. The van der Waals surface area contributed by atoms with Crippen LogP contribution in [0.15, 0.2) is 83.9 Å². The van der Waals surface area contributed by atoms with Crippen LogP contribution >= 0.6 is 0 Å². The molecule has 1 aliphatic rings. The lowest BCUT2D eigenvalue weighted by atomic mass is 10.0. The molecule has 10 heteroatoms. The average molecular weight is 575 g/mol. The number of aliphatic hydroxyl groups is 1. The maximum absolute atomic E-state index is 12.8. The second-order valence-electron chi connectivity index (χ2n) is 10.9. The Morgan fingerprint density at radius 3 is 2.21 bits per heavy atom. The molecule has 0 spiro atoms. The van der Waals surface area contributed by atoms with Gasteiger partial charge in [-0.2, -0.15) is 0 Å². The molecule has 10 nitrogen and oxygen atoms in total. The number of carbonyl (C=O) groups excluding carboxylic acids is 2. The van der Waals surface area contributed by atoms with Crippen molar-refractivity contribution in [1.29, 1.82) is 0 Å². The van der Waals surface area contributed by atoms with E-state index >= 15 is 0 Å². The fraction of sp³-hybridized carbons (Fsp3) is 0.344. The number of alkyl carbamates (subject to hydrolysis) is 1. The van der Waals surface area contributed by atoms with Gasteiger partial charge < -0.3 is 35.3 Å². The number of nitrogens with one attached hydrogen (secondary N) is 1. The number of aliphatic hydroxyl groups excluding tert-OH is 1. The van der Waals surface area contributed by atoms with Crippen LogP contribution in [0.3, 0.4) is 0 Å². The Hall–Kier alpha value is -4.57. The second kappa shape index (κ2) is 13.9. The van der Waals surface area contributed by atoms with Crippen LogP contribution in [0.4, 0.5) is 4.79 Å². The summed E-state index contributed by atoms with van der Waals surface area (Å²) >= 11 is 0. The quantitative estimate of drug-likeness (QED) is 0.144. The molecule has 0 fully saturated rings. The summed E-state index contributed by atoms with van der Waals surface area (Å²) in [5, 5.41) is 13.2. The van der Waals surface area contributed by atoms with Gasteiger partial charge in [0.05, 0.1) is 6.54 Å². The number of rotatable bonds is 10. The van der Waals surface area contributed by atoms with Crippen LogP contribution in [-0.4, -0.2) is 59.4 Å². The minimum Gasteiger partial charge on any atom is -0.490 e. The number of hydrogen-bond donors (Lipinski definition) is 3. The zero-order chi connectivity index (χ0) is 30.1. The molecule has 42 heavy (non-hydrogen) atoms. The highest BCUT2D eigenvalue weighted by molar-refractivity contribution is 5.79. The van der Waals surface area contributed by atoms with Gasteiger partial charge in [-0.05, 0) is 55.2 Å². The third-order valence-corrected chi connectivity index (χ3v) is 6.40. The Bertz CT molecular complexity index is 1340. The van der Waals surface area contributed by atoms with Gasteiger partial charge >= 0.3 is 12.1 Å². The number of nitrogens with two attached hydrogens (primary N) is 1. The summed E-state index contributed by atoms with van der Waals surface area (Å²) in [7, 11) is 0. The van der Waals surface area contributed by atoms with Gasteiger partial charge in [-0.1, -0.05) is 66.7 Å². The first kappa shape index (κ1) is 30.4. The number of ether oxygens (including phenoxy) is 3. The van der Waals surface area contributed by atoms with E-state index in [9.17, 15) is 14.7 Å². The first-order chi connectivity index (χ1) is 20.1. The van der Waals surface area contributed by atoms with Gasteiger partial charge in [0.25, 0.3) is 0 Å². The highest BCUT2D eigenvalue weighted by Gasteiger charge is 2.26. The number of hydrogen-bond acceptors (Lipinski definition) is 7. The molecule has 0 saturated carbocycles. The summed E-state index contributed by atoms with van der Waals surface area (Å²) < 4.78 is 16.7. The van der Waals surface area contributed by atoms with Crippen molar-refractivity contribution in [2.24, 2.45) is 10.7 Å². The smallest absolute Gasteiger partial charge is 0.407 e. The number of esters is 1. The molecule has 0 aliphatic carbocycles. The second-order valence-corrected chi connectivity index (χ2v) is 10.9. The molecule has 0 unspecified atom stereocenters. The summed E-state index contributed by atoms with van der Waals surface area (Å²) in [6, 6.07) is 24.3. The monoisotopic (exact) mass is 574 g/mol. The molecule has 1 amide bonds. The highest BCUT2D eigenvalue weighted by Crippen LogP contribution is 2.28. The summed E-state index contributed by atoms with van der Waals surface area (Å²) in [4.78, 5) is 30.9. The average Bonchev–Trinajstić information content (AvgIpc) is 3.40. The van der Waals surface area contributed by atoms with E-state index in [2.05, 4.69) is 10.3 Å².